The third-order valence-corrected chi connectivity index (χ3v) is 14.3. The van der Waals surface area contributed by atoms with Crippen LogP contribution in [0.3, 0.4) is 0 Å². The molecule has 280 valence electrons. The molecule has 2 aromatic rings. The number of nitrogens with one attached hydrogen (secondary N) is 2. The number of nitrogens with zero attached hydrogens (tertiary/aromatic N) is 2. The summed E-state index contributed by atoms with van der Waals surface area (Å²) < 4.78 is 96.2. The maximum atomic E-state index is 12.8. The minimum atomic E-state index is -4.59. The lowest BCUT2D eigenvalue weighted by molar-refractivity contribution is -0.137. The number of alkyl halides is 3. The quantitative estimate of drug-likeness (QED) is 0.324. The van der Waals surface area contributed by atoms with Crippen molar-refractivity contribution < 1.29 is 49.1 Å². The first kappa shape index (κ1) is 41.3. The van der Waals surface area contributed by atoms with Crippen LogP contribution < -0.4 is 10.6 Å². The second-order valence-electron chi connectivity index (χ2n) is 13.4. The molecule has 50 heavy (non-hydrogen) atoms. The van der Waals surface area contributed by atoms with Gasteiger partial charge in [0.2, 0.25) is 11.8 Å². The predicted octanol–water partition coefficient (Wildman–Crippen LogP) is 4.86. The first-order valence-corrected chi connectivity index (χ1v) is 19.7. The highest BCUT2D eigenvalue weighted by Gasteiger charge is 2.44. The second kappa shape index (κ2) is 16.9. The zero-order valence-electron chi connectivity index (χ0n) is 29.0. The van der Waals surface area contributed by atoms with Crippen LogP contribution in [0.15, 0.2) is 36.7 Å². The Bertz CT molecular complexity index is 1690. The van der Waals surface area contributed by atoms with Crippen LogP contribution in [0.2, 0.25) is 0 Å². The molecule has 0 aliphatic carbocycles. The Labute approximate surface area is 292 Å². The van der Waals surface area contributed by atoms with Crippen LogP contribution in [-0.2, 0) is 51.3 Å². The van der Waals surface area contributed by atoms with E-state index in [1.54, 1.807) is 12.3 Å². The second-order valence-corrected chi connectivity index (χ2v) is 18.6. The number of aromatic nitrogens is 2. The average Bonchev–Trinajstić information content (AvgIpc) is 3.05. The number of hydrogen-bond acceptors (Lipinski definition) is 10. The molecule has 2 aliphatic heterocycles. The summed E-state index contributed by atoms with van der Waals surface area (Å²) in [6, 6.07) is 5.06. The Balaban J connectivity index is 0.000000271. The molecule has 0 aromatic carbocycles. The number of hydrogen-bond donors (Lipinski definition) is 2. The molecule has 0 unspecified atom stereocenters. The van der Waals surface area contributed by atoms with Crippen LogP contribution in [0.1, 0.15) is 71.4 Å². The van der Waals surface area contributed by atoms with Gasteiger partial charge in [0, 0.05) is 38.8 Å². The van der Waals surface area contributed by atoms with Crippen LogP contribution in [0.4, 0.5) is 24.8 Å². The van der Waals surface area contributed by atoms with Crippen LogP contribution in [0, 0.1) is 11.8 Å². The van der Waals surface area contributed by atoms with Crippen molar-refractivity contribution in [3.8, 4) is 0 Å². The van der Waals surface area contributed by atoms with E-state index in [2.05, 4.69) is 20.6 Å². The summed E-state index contributed by atoms with van der Waals surface area (Å²) in [5.41, 5.74) is 0.0498. The summed E-state index contributed by atoms with van der Waals surface area (Å²) in [5, 5.41) is 4.83. The zero-order chi connectivity index (χ0) is 37.4. The Morgan fingerprint density at radius 1 is 0.740 bits per heavy atom. The van der Waals surface area contributed by atoms with E-state index in [0.717, 1.165) is 37.1 Å². The number of aryl methyl sites for hydroxylation is 1. The molecule has 2 aliphatic rings. The third-order valence-electron chi connectivity index (χ3n) is 9.04. The van der Waals surface area contributed by atoms with Crippen molar-refractivity contribution in [3.63, 3.8) is 0 Å². The summed E-state index contributed by atoms with van der Waals surface area (Å²) in [5.74, 6) is -1.64. The normalized spacial score (nSPS) is 17.0. The van der Waals surface area contributed by atoms with Crippen LogP contribution >= 0.6 is 0 Å². The van der Waals surface area contributed by atoms with E-state index < -0.39 is 52.7 Å². The van der Waals surface area contributed by atoms with Crippen molar-refractivity contribution in [1.82, 2.24) is 9.97 Å². The Hall–Kier alpha value is -3.15. The van der Waals surface area contributed by atoms with Gasteiger partial charge in [-0.1, -0.05) is 6.92 Å². The number of ether oxygens (including phenoxy) is 2. The lowest BCUT2D eigenvalue weighted by Gasteiger charge is -2.28. The maximum absolute atomic E-state index is 12.8. The highest BCUT2D eigenvalue weighted by molar-refractivity contribution is 7.93. The number of pyridine rings is 2. The Morgan fingerprint density at radius 3 is 1.54 bits per heavy atom. The zero-order valence-corrected chi connectivity index (χ0v) is 30.6. The summed E-state index contributed by atoms with van der Waals surface area (Å²) >= 11 is 0. The summed E-state index contributed by atoms with van der Waals surface area (Å²) in [6.45, 7) is 9.52. The molecular formula is C33H47F3N4O8S2. The van der Waals surface area contributed by atoms with E-state index in [0.29, 0.717) is 51.2 Å². The van der Waals surface area contributed by atoms with E-state index >= 15 is 0 Å². The third kappa shape index (κ3) is 10.9. The van der Waals surface area contributed by atoms with Gasteiger partial charge in [-0.15, -0.1) is 0 Å². The van der Waals surface area contributed by atoms with Gasteiger partial charge in [-0.3, -0.25) is 9.59 Å². The molecular weight excluding hydrogens is 702 g/mol. The average molecular weight is 749 g/mol. The van der Waals surface area contributed by atoms with Crippen molar-refractivity contribution in [2.45, 2.75) is 82.4 Å². The van der Waals surface area contributed by atoms with Gasteiger partial charge in [-0.05, 0) is 101 Å². The van der Waals surface area contributed by atoms with Crippen molar-refractivity contribution in [1.29, 1.82) is 0 Å². The molecule has 0 atom stereocenters. The summed E-state index contributed by atoms with van der Waals surface area (Å²) in [7, 11) is -7.42. The Morgan fingerprint density at radius 2 is 1.14 bits per heavy atom. The number of rotatable bonds is 11. The monoisotopic (exact) mass is 748 g/mol. The topological polar surface area (TPSA) is 171 Å². The van der Waals surface area contributed by atoms with Gasteiger partial charge in [-0.25, -0.2) is 26.8 Å². The van der Waals surface area contributed by atoms with Crippen molar-refractivity contribution in [2.75, 3.05) is 48.6 Å². The molecule has 2 amide bonds. The predicted molar refractivity (Wildman–Crippen MR) is 183 cm³/mol. The molecule has 2 fully saturated rings. The van der Waals surface area contributed by atoms with Gasteiger partial charge in [0.25, 0.3) is 0 Å². The Kier molecular flexibility index (Phi) is 14.0. The molecule has 2 N–H and O–H groups in total. The molecule has 0 bridgehead atoms. The SMILES string of the molecule is CC(C)(C(=O)Nc1cc(C(F)(F)F)ccn1)S(=O)(=O)CC1CCOCC1.CCc1ccnc(NC(=O)C(C)(C)S(=O)(=O)CC2CCOCC2)c1. The standard InChI is InChI=1S/C17H26N2O4S.C16H21F3N2O4S/c1-4-13-5-8-18-15(11-13)19-16(20)17(2,3)24(21,22)12-14-6-9-23-10-7-14;1-15(2,26(23,24)10-11-4-7-25-8-5-11)14(22)21-13-9-12(3-6-20-13)16(17,18)19/h5,8,11,14H,4,6-7,9-10,12H2,1-3H3,(H,18,19,20);3,6,9,11H,4-5,7-8,10H2,1-2H3,(H,20,21,22). The smallest absolute Gasteiger partial charge is 0.381 e. The van der Waals surface area contributed by atoms with E-state index in [1.807, 2.05) is 13.0 Å². The summed E-state index contributed by atoms with van der Waals surface area (Å²) in [4.78, 5) is 32.8. The molecule has 0 spiro atoms. The van der Waals surface area contributed by atoms with Crippen molar-refractivity contribution >= 4 is 43.1 Å². The largest absolute Gasteiger partial charge is 0.416 e. The fraction of sp³-hybridized carbons (Fsp3) is 0.636. The van der Waals surface area contributed by atoms with E-state index in [4.69, 9.17) is 9.47 Å². The number of sulfone groups is 2. The number of amides is 2. The fourth-order valence-corrected chi connectivity index (χ4v) is 8.53. The van der Waals surface area contributed by atoms with Crippen LogP contribution in [0.25, 0.3) is 0 Å². The van der Waals surface area contributed by atoms with Gasteiger partial charge >= 0.3 is 6.18 Å². The number of halogens is 3. The minimum absolute atomic E-state index is 0.0131. The van der Waals surface area contributed by atoms with Gasteiger partial charge in [0.15, 0.2) is 19.7 Å². The van der Waals surface area contributed by atoms with Gasteiger partial charge in [0.1, 0.15) is 21.1 Å². The summed E-state index contributed by atoms with van der Waals surface area (Å²) in [6.07, 6.45) is 1.36. The van der Waals surface area contributed by atoms with E-state index in [9.17, 15) is 39.6 Å². The number of carbonyl (C=O) groups is 2. The fourth-order valence-electron chi connectivity index (χ4n) is 5.12. The van der Waals surface area contributed by atoms with Crippen molar-refractivity contribution in [3.05, 3.63) is 47.8 Å². The highest BCUT2D eigenvalue weighted by Crippen LogP contribution is 2.31. The van der Waals surface area contributed by atoms with Gasteiger partial charge < -0.3 is 20.1 Å². The van der Waals surface area contributed by atoms with Crippen molar-refractivity contribution in [2.24, 2.45) is 11.8 Å². The first-order valence-electron chi connectivity index (χ1n) is 16.4. The molecule has 0 radical (unpaired) electrons. The van der Waals surface area contributed by atoms with Gasteiger partial charge in [0.05, 0.1) is 17.1 Å². The van der Waals surface area contributed by atoms with E-state index in [-0.39, 0.29) is 29.2 Å². The van der Waals surface area contributed by atoms with Crippen LogP contribution in [0.5, 0.6) is 0 Å². The lowest BCUT2D eigenvalue weighted by atomic mass is 10.0. The lowest BCUT2D eigenvalue weighted by Crippen LogP contribution is -2.47. The molecule has 17 heteroatoms. The minimum Gasteiger partial charge on any atom is -0.381 e. The number of anilines is 2. The molecule has 4 rings (SSSR count). The van der Waals surface area contributed by atoms with Gasteiger partial charge in [-0.2, -0.15) is 13.2 Å². The first-order chi connectivity index (χ1) is 23.2. The van der Waals surface area contributed by atoms with Crippen LogP contribution in [-0.4, -0.2) is 86.0 Å². The molecule has 2 aromatic heterocycles. The number of carbonyl (C=O) groups excluding carboxylic acids is 2. The highest BCUT2D eigenvalue weighted by atomic mass is 32.2. The molecule has 0 saturated carbocycles. The molecule has 2 saturated heterocycles. The van der Waals surface area contributed by atoms with E-state index in [1.165, 1.54) is 27.7 Å². The molecule has 4 heterocycles. The maximum Gasteiger partial charge on any atom is 0.416 e. The molecule has 12 nitrogen and oxygen atoms in total.